The average molecular weight is 265 g/mol. The van der Waals surface area contributed by atoms with Gasteiger partial charge in [-0.1, -0.05) is 24.3 Å². The van der Waals surface area contributed by atoms with Crippen molar-refractivity contribution in [2.75, 3.05) is 13.1 Å². The summed E-state index contributed by atoms with van der Waals surface area (Å²) in [5.74, 6) is -0.102. The van der Waals surface area contributed by atoms with Crippen molar-refractivity contribution in [3.05, 3.63) is 47.5 Å². The molecule has 1 rings (SSSR count). The number of nitriles is 1. The molecule has 0 spiro atoms. The first-order valence-corrected chi connectivity index (χ1v) is 7.04. The number of nitrogens with zero attached hydrogens (tertiary/aromatic N) is 1. The summed E-state index contributed by atoms with van der Waals surface area (Å²) < 4.78 is 25.8. The van der Waals surface area contributed by atoms with E-state index >= 15 is 0 Å². The number of benzene rings is 1. The Morgan fingerprint density at radius 3 is 2.50 bits per heavy atom. The van der Waals surface area contributed by atoms with Gasteiger partial charge in [0.2, 0.25) is 10.0 Å². The molecule has 0 heterocycles. The molecule has 0 aliphatic rings. The van der Waals surface area contributed by atoms with Gasteiger partial charge >= 0.3 is 0 Å². The maximum Gasteiger partial charge on any atom is 0.216 e. The lowest BCUT2D eigenvalue weighted by Crippen LogP contribution is -2.25. The van der Waals surface area contributed by atoms with E-state index in [0.717, 1.165) is 0 Å². The fourth-order valence-electron chi connectivity index (χ4n) is 1.30. The molecule has 0 fully saturated rings. The second kappa shape index (κ2) is 6.91. The zero-order valence-electron chi connectivity index (χ0n) is 9.83. The molecule has 18 heavy (non-hydrogen) atoms. The monoisotopic (exact) mass is 265 g/mol. The summed E-state index contributed by atoms with van der Waals surface area (Å²) in [6.07, 6.45) is 3.35. The van der Waals surface area contributed by atoms with Gasteiger partial charge in [0, 0.05) is 13.1 Å². The van der Waals surface area contributed by atoms with E-state index in [9.17, 15) is 8.42 Å². The van der Waals surface area contributed by atoms with Crippen molar-refractivity contribution in [3.8, 4) is 6.07 Å². The number of hydrogen-bond acceptors (Lipinski definition) is 4. The highest BCUT2D eigenvalue weighted by Gasteiger charge is 2.09. The standard InChI is InChI=1S/C12H15N3O2S/c13-7-1-2-8-15-18(16,17)10-12-5-3-11(9-14)4-6-12/h1-6,15H,7-8,10,13H2/b2-1+. The number of rotatable bonds is 6. The van der Waals surface area contributed by atoms with Crippen LogP contribution in [-0.4, -0.2) is 21.5 Å². The van der Waals surface area contributed by atoms with Gasteiger partial charge in [0.05, 0.1) is 17.4 Å². The van der Waals surface area contributed by atoms with Crippen molar-refractivity contribution in [3.63, 3.8) is 0 Å². The largest absolute Gasteiger partial charge is 0.327 e. The predicted octanol–water partition coefficient (Wildman–Crippen LogP) is 0.493. The molecule has 3 N–H and O–H groups in total. The Morgan fingerprint density at radius 1 is 1.28 bits per heavy atom. The molecular formula is C12H15N3O2S. The molecule has 0 aromatic heterocycles. The zero-order chi connectivity index (χ0) is 13.4. The van der Waals surface area contributed by atoms with Crippen LogP contribution in [0.25, 0.3) is 0 Å². The maximum atomic E-state index is 11.7. The first kappa shape index (κ1) is 14.4. The Bertz CT molecular complexity index is 542. The van der Waals surface area contributed by atoms with Gasteiger partial charge in [-0.2, -0.15) is 5.26 Å². The van der Waals surface area contributed by atoms with E-state index in [-0.39, 0.29) is 12.3 Å². The Morgan fingerprint density at radius 2 is 1.94 bits per heavy atom. The molecule has 1 aromatic carbocycles. The lowest BCUT2D eigenvalue weighted by atomic mass is 10.2. The minimum atomic E-state index is -3.36. The van der Waals surface area contributed by atoms with Crippen molar-refractivity contribution in [2.45, 2.75) is 5.75 Å². The third-order valence-electron chi connectivity index (χ3n) is 2.16. The molecule has 0 saturated heterocycles. The fourth-order valence-corrected chi connectivity index (χ4v) is 2.38. The molecule has 0 radical (unpaired) electrons. The molecule has 1 aromatic rings. The van der Waals surface area contributed by atoms with Crippen LogP contribution in [0.4, 0.5) is 0 Å². The summed E-state index contributed by atoms with van der Waals surface area (Å²) in [5, 5.41) is 8.63. The Labute approximate surface area is 107 Å². The van der Waals surface area contributed by atoms with E-state index in [1.54, 1.807) is 36.4 Å². The molecule has 5 nitrogen and oxygen atoms in total. The van der Waals surface area contributed by atoms with E-state index in [1.165, 1.54) is 0 Å². The van der Waals surface area contributed by atoms with E-state index in [4.69, 9.17) is 11.0 Å². The summed E-state index contributed by atoms with van der Waals surface area (Å²) in [5.41, 5.74) is 6.39. The summed E-state index contributed by atoms with van der Waals surface area (Å²) in [4.78, 5) is 0. The van der Waals surface area contributed by atoms with Crippen molar-refractivity contribution < 1.29 is 8.42 Å². The van der Waals surface area contributed by atoms with E-state index in [1.807, 2.05) is 6.07 Å². The SMILES string of the molecule is N#Cc1ccc(CS(=O)(=O)NC/C=C/CN)cc1. The van der Waals surface area contributed by atoms with Crippen LogP contribution in [0.1, 0.15) is 11.1 Å². The zero-order valence-corrected chi connectivity index (χ0v) is 10.7. The van der Waals surface area contributed by atoms with Gasteiger partial charge < -0.3 is 5.73 Å². The van der Waals surface area contributed by atoms with Crippen molar-refractivity contribution in [1.82, 2.24) is 4.72 Å². The molecule has 0 amide bonds. The number of hydrogen-bond donors (Lipinski definition) is 2. The maximum absolute atomic E-state index is 11.7. The van der Waals surface area contributed by atoms with E-state index in [0.29, 0.717) is 17.7 Å². The first-order chi connectivity index (χ1) is 8.57. The average Bonchev–Trinajstić information content (AvgIpc) is 2.35. The third kappa shape index (κ3) is 5.10. The fraction of sp³-hybridized carbons (Fsp3) is 0.250. The number of nitrogens with one attached hydrogen (secondary N) is 1. The van der Waals surface area contributed by atoms with Crippen LogP contribution in [-0.2, 0) is 15.8 Å². The van der Waals surface area contributed by atoms with Gasteiger partial charge in [0.1, 0.15) is 0 Å². The lowest BCUT2D eigenvalue weighted by Gasteiger charge is -2.04. The molecule has 96 valence electrons. The smallest absolute Gasteiger partial charge is 0.216 e. The minimum absolute atomic E-state index is 0.102. The summed E-state index contributed by atoms with van der Waals surface area (Å²) in [6, 6.07) is 8.44. The Balaban J connectivity index is 2.59. The van der Waals surface area contributed by atoms with E-state index < -0.39 is 10.0 Å². The summed E-state index contributed by atoms with van der Waals surface area (Å²) in [6.45, 7) is 0.618. The van der Waals surface area contributed by atoms with Crippen LogP contribution in [0.2, 0.25) is 0 Å². The Hall–Kier alpha value is -1.68. The molecule has 0 bridgehead atoms. The molecule has 0 atom stereocenters. The molecule has 0 unspecified atom stereocenters. The molecule has 0 saturated carbocycles. The quantitative estimate of drug-likeness (QED) is 0.732. The number of sulfonamides is 1. The highest BCUT2D eigenvalue weighted by molar-refractivity contribution is 7.88. The molecular weight excluding hydrogens is 250 g/mol. The van der Waals surface area contributed by atoms with Crippen LogP contribution < -0.4 is 10.5 Å². The highest BCUT2D eigenvalue weighted by atomic mass is 32.2. The van der Waals surface area contributed by atoms with E-state index in [2.05, 4.69) is 4.72 Å². The summed E-state index contributed by atoms with van der Waals surface area (Å²) >= 11 is 0. The van der Waals surface area contributed by atoms with Gasteiger partial charge in [-0.3, -0.25) is 0 Å². The van der Waals surface area contributed by atoms with Crippen LogP contribution in [0.3, 0.4) is 0 Å². The second-order valence-corrected chi connectivity index (χ2v) is 5.43. The van der Waals surface area contributed by atoms with Crippen LogP contribution in [0.15, 0.2) is 36.4 Å². The van der Waals surface area contributed by atoms with Gasteiger partial charge in [0.15, 0.2) is 0 Å². The topological polar surface area (TPSA) is 96.0 Å². The van der Waals surface area contributed by atoms with Crippen molar-refractivity contribution >= 4 is 10.0 Å². The normalized spacial score (nSPS) is 11.6. The van der Waals surface area contributed by atoms with Gasteiger partial charge in [0.25, 0.3) is 0 Å². The molecule has 6 heteroatoms. The van der Waals surface area contributed by atoms with Gasteiger partial charge in [-0.15, -0.1) is 0 Å². The Kier molecular flexibility index (Phi) is 5.52. The molecule has 0 aliphatic heterocycles. The predicted molar refractivity (Wildman–Crippen MR) is 70.0 cm³/mol. The summed E-state index contributed by atoms with van der Waals surface area (Å²) in [7, 11) is -3.36. The van der Waals surface area contributed by atoms with Crippen molar-refractivity contribution in [2.24, 2.45) is 5.73 Å². The lowest BCUT2D eigenvalue weighted by molar-refractivity contribution is 0.584. The van der Waals surface area contributed by atoms with Gasteiger partial charge in [-0.05, 0) is 17.7 Å². The second-order valence-electron chi connectivity index (χ2n) is 3.62. The molecule has 0 aliphatic carbocycles. The van der Waals surface area contributed by atoms with Crippen LogP contribution >= 0.6 is 0 Å². The van der Waals surface area contributed by atoms with Crippen molar-refractivity contribution in [1.29, 1.82) is 5.26 Å². The minimum Gasteiger partial charge on any atom is -0.327 e. The van der Waals surface area contributed by atoms with Gasteiger partial charge in [-0.25, -0.2) is 13.1 Å². The third-order valence-corrected chi connectivity index (χ3v) is 3.48. The first-order valence-electron chi connectivity index (χ1n) is 5.39. The van der Waals surface area contributed by atoms with Crippen LogP contribution in [0, 0.1) is 11.3 Å². The van der Waals surface area contributed by atoms with Crippen LogP contribution in [0.5, 0.6) is 0 Å². The highest BCUT2D eigenvalue weighted by Crippen LogP contribution is 2.06. The number of nitrogens with two attached hydrogens (primary N) is 1.